The Balaban J connectivity index is 1.43. The Morgan fingerprint density at radius 3 is 2.46 bits per heavy atom. The predicted molar refractivity (Wildman–Crippen MR) is 140 cm³/mol. The number of imidazole rings is 1. The Bertz CT molecular complexity index is 1640. The van der Waals surface area contributed by atoms with Gasteiger partial charge < -0.3 is 10.9 Å². The lowest BCUT2D eigenvalue weighted by Crippen LogP contribution is -2.21. The normalized spacial score (nSPS) is 12.9. The van der Waals surface area contributed by atoms with Crippen molar-refractivity contribution in [2.45, 2.75) is 20.8 Å². The van der Waals surface area contributed by atoms with E-state index >= 15 is 0 Å². The Morgan fingerprint density at radius 1 is 1.00 bits per heavy atom. The summed E-state index contributed by atoms with van der Waals surface area (Å²) >= 11 is 2.64. The average Bonchev–Trinajstić information content (AvgIpc) is 3.51. The summed E-state index contributed by atoms with van der Waals surface area (Å²) in [5.41, 5.74) is 5.64. The van der Waals surface area contributed by atoms with Crippen LogP contribution in [0.3, 0.4) is 0 Å². The Hall–Kier alpha value is -4.09. The van der Waals surface area contributed by atoms with E-state index in [-0.39, 0.29) is 10.9 Å². The van der Waals surface area contributed by atoms with Crippen molar-refractivity contribution in [3.8, 4) is 17.1 Å². The maximum atomic E-state index is 10.3. The van der Waals surface area contributed by atoms with E-state index in [1.165, 1.54) is 5.56 Å². The Morgan fingerprint density at radius 2 is 1.74 bits per heavy atom. The van der Waals surface area contributed by atoms with Gasteiger partial charge in [-0.2, -0.15) is 9.78 Å². The molecule has 3 aromatic heterocycles. The van der Waals surface area contributed by atoms with Gasteiger partial charge in [-0.15, -0.1) is 15.3 Å². The van der Waals surface area contributed by atoms with Gasteiger partial charge in [0.1, 0.15) is 0 Å². The van der Waals surface area contributed by atoms with Crippen molar-refractivity contribution < 1.29 is 5.11 Å². The number of aromatic nitrogens is 3. The van der Waals surface area contributed by atoms with Gasteiger partial charge in [0.15, 0.2) is 4.96 Å². The molecule has 0 aliphatic rings. The lowest BCUT2D eigenvalue weighted by Gasteiger charge is -1.98. The molecule has 5 rings (SSSR count). The van der Waals surface area contributed by atoms with Crippen LogP contribution in [-0.2, 0) is 0 Å². The number of rotatable bonds is 5. The van der Waals surface area contributed by atoms with Gasteiger partial charge in [0.05, 0.1) is 22.0 Å². The maximum absolute atomic E-state index is 10.3. The van der Waals surface area contributed by atoms with Crippen molar-refractivity contribution in [3.05, 3.63) is 81.7 Å². The number of fused-ring (bicyclic) bond motifs is 1. The summed E-state index contributed by atoms with van der Waals surface area (Å²) in [5, 5.41) is 27.4. The van der Waals surface area contributed by atoms with Crippen LogP contribution in [0, 0.1) is 13.8 Å². The first-order valence-corrected chi connectivity index (χ1v) is 12.3. The third-order valence-corrected chi connectivity index (χ3v) is 7.53. The second-order valence-electron chi connectivity index (χ2n) is 7.87. The summed E-state index contributed by atoms with van der Waals surface area (Å²) in [7, 11) is 0. The highest BCUT2D eigenvalue weighted by Crippen LogP contribution is 2.30. The number of benzene rings is 2. The summed E-state index contributed by atoms with van der Waals surface area (Å²) in [6, 6.07) is 17.6. The van der Waals surface area contributed by atoms with Crippen LogP contribution in [0.1, 0.15) is 23.1 Å². The number of hydrogen-bond acceptors (Lipinski definition) is 9. The first kappa shape index (κ1) is 22.7. The number of nitrogens with two attached hydrogens (primary N) is 1. The van der Waals surface area contributed by atoms with Gasteiger partial charge in [-0.3, -0.25) is 4.40 Å². The lowest BCUT2D eigenvalue weighted by atomic mass is 10.1. The van der Waals surface area contributed by atoms with Gasteiger partial charge in [0, 0.05) is 17.5 Å². The third-order valence-electron chi connectivity index (χ3n) is 5.34. The SMILES string of the molecule is C/C(=N\N=c1\sc(N=Nc2ccccc2)c(O)n1N)c1sc2nc(-c3ccc(C)cc3)cn2c1C. The Labute approximate surface area is 208 Å². The lowest BCUT2D eigenvalue weighted by molar-refractivity contribution is 0.436. The van der Waals surface area contributed by atoms with Crippen molar-refractivity contribution in [3.63, 3.8) is 0 Å². The van der Waals surface area contributed by atoms with Crippen LogP contribution in [0.4, 0.5) is 10.7 Å². The minimum Gasteiger partial charge on any atom is -0.491 e. The molecule has 0 bridgehead atoms. The fourth-order valence-electron chi connectivity index (χ4n) is 3.42. The summed E-state index contributed by atoms with van der Waals surface area (Å²) in [5.74, 6) is 5.73. The van der Waals surface area contributed by atoms with Crippen LogP contribution in [0.5, 0.6) is 5.88 Å². The molecule has 0 spiro atoms. The minimum absolute atomic E-state index is 0.226. The van der Waals surface area contributed by atoms with E-state index in [1.54, 1.807) is 11.3 Å². The zero-order valence-corrected chi connectivity index (χ0v) is 20.9. The fourth-order valence-corrected chi connectivity index (χ4v) is 5.18. The van der Waals surface area contributed by atoms with Crippen LogP contribution in [-0.4, -0.2) is 24.9 Å². The van der Waals surface area contributed by atoms with Crippen LogP contribution in [0.2, 0.25) is 0 Å². The van der Waals surface area contributed by atoms with E-state index < -0.39 is 0 Å². The fraction of sp³-hybridized carbons (Fsp3) is 0.125. The molecule has 0 fully saturated rings. The van der Waals surface area contributed by atoms with E-state index in [9.17, 15) is 5.11 Å². The number of thiazole rings is 2. The number of aryl methyl sites for hydroxylation is 2. The van der Waals surface area contributed by atoms with Crippen LogP contribution >= 0.6 is 22.7 Å². The number of azo groups is 1. The highest BCUT2D eigenvalue weighted by atomic mass is 32.1. The molecule has 0 unspecified atom stereocenters. The molecule has 0 aliphatic carbocycles. The van der Waals surface area contributed by atoms with Gasteiger partial charge in [-0.1, -0.05) is 70.7 Å². The molecule has 176 valence electrons. The number of aromatic hydroxyl groups is 1. The van der Waals surface area contributed by atoms with Crippen LogP contribution in [0.15, 0.2) is 81.2 Å². The van der Waals surface area contributed by atoms with Gasteiger partial charge in [-0.25, -0.2) is 4.98 Å². The van der Waals surface area contributed by atoms with Crippen molar-refractivity contribution in [2.75, 3.05) is 5.84 Å². The predicted octanol–water partition coefficient (Wildman–Crippen LogP) is 5.70. The highest BCUT2D eigenvalue weighted by molar-refractivity contribution is 7.19. The molecule has 0 aliphatic heterocycles. The largest absolute Gasteiger partial charge is 0.491 e. The first-order valence-electron chi connectivity index (χ1n) is 10.7. The molecule has 0 atom stereocenters. The molecule has 0 saturated heterocycles. The van der Waals surface area contributed by atoms with Crippen LogP contribution < -0.4 is 10.6 Å². The van der Waals surface area contributed by atoms with Crippen molar-refractivity contribution in [1.82, 2.24) is 14.1 Å². The molecule has 0 saturated carbocycles. The van der Waals surface area contributed by atoms with Gasteiger partial charge >= 0.3 is 0 Å². The molecule has 11 heteroatoms. The van der Waals surface area contributed by atoms with Crippen molar-refractivity contribution in [2.24, 2.45) is 20.4 Å². The Kier molecular flexibility index (Phi) is 6.01. The molecular weight excluding hydrogens is 480 g/mol. The summed E-state index contributed by atoms with van der Waals surface area (Å²) in [4.78, 5) is 6.94. The maximum Gasteiger partial charge on any atom is 0.251 e. The number of nitrogen functional groups attached to an aromatic ring is 1. The molecular formula is C24H22N8OS2. The van der Waals surface area contributed by atoms with E-state index in [0.717, 1.165) is 48.5 Å². The average molecular weight is 503 g/mol. The minimum atomic E-state index is -0.226. The second-order valence-corrected chi connectivity index (χ2v) is 9.80. The smallest absolute Gasteiger partial charge is 0.251 e. The van der Waals surface area contributed by atoms with E-state index in [1.807, 2.05) is 50.4 Å². The monoisotopic (exact) mass is 502 g/mol. The van der Waals surface area contributed by atoms with E-state index in [0.29, 0.717) is 10.5 Å². The van der Waals surface area contributed by atoms with E-state index in [4.69, 9.17) is 10.8 Å². The zero-order chi connectivity index (χ0) is 24.5. The van der Waals surface area contributed by atoms with Crippen molar-refractivity contribution >= 4 is 44.0 Å². The van der Waals surface area contributed by atoms with E-state index in [2.05, 4.69) is 56.0 Å². The van der Waals surface area contributed by atoms with Crippen molar-refractivity contribution in [1.29, 1.82) is 0 Å². The molecule has 9 nitrogen and oxygen atoms in total. The third kappa shape index (κ3) is 4.51. The highest BCUT2D eigenvalue weighted by Gasteiger charge is 2.15. The zero-order valence-electron chi connectivity index (χ0n) is 19.2. The molecule has 0 amide bonds. The molecule has 3 heterocycles. The molecule has 5 aromatic rings. The van der Waals surface area contributed by atoms with Crippen LogP contribution in [0.25, 0.3) is 16.2 Å². The summed E-state index contributed by atoms with van der Waals surface area (Å²) in [6.45, 7) is 5.98. The number of hydrogen-bond donors (Lipinski definition) is 2. The second kappa shape index (κ2) is 9.28. The first-order chi connectivity index (χ1) is 16.9. The molecule has 3 N–H and O–H groups in total. The van der Waals surface area contributed by atoms with Gasteiger partial charge in [0.25, 0.3) is 5.88 Å². The topological polar surface area (TPSA) is 118 Å². The summed E-state index contributed by atoms with van der Waals surface area (Å²) < 4.78 is 3.11. The van der Waals surface area contributed by atoms with Gasteiger partial charge in [0.2, 0.25) is 9.80 Å². The summed E-state index contributed by atoms with van der Waals surface area (Å²) in [6.07, 6.45) is 2.04. The number of nitrogens with zero attached hydrogens (tertiary/aromatic N) is 7. The molecule has 0 radical (unpaired) electrons. The van der Waals surface area contributed by atoms with Gasteiger partial charge in [-0.05, 0) is 32.9 Å². The molecule has 35 heavy (non-hydrogen) atoms. The molecule has 2 aromatic carbocycles. The standard InChI is InChI=1S/C24H22N8OS2/c1-14-9-11-17(12-10-14)19-13-31-16(3)20(34-23(31)26-19)15(2)27-30-24-32(25)22(33)21(35-24)29-28-18-7-5-4-6-8-18/h4-13,33H,25H2,1-3H3/b27-15+,29-28?,30-24+. The quantitative estimate of drug-likeness (QED) is 0.139.